The van der Waals surface area contributed by atoms with Crippen LogP contribution in [-0.4, -0.2) is 29.8 Å². The summed E-state index contributed by atoms with van der Waals surface area (Å²) in [5, 5.41) is 8.95. The van der Waals surface area contributed by atoms with Crippen molar-refractivity contribution in [1.29, 1.82) is 0 Å². The summed E-state index contributed by atoms with van der Waals surface area (Å²) in [6.45, 7) is 6.97. The topological polar surface area (TPSA) is 62.4 Å². The van der Waals surface area contributed by atoms with Gasteiger partial charge in [0, 0.05) is 19.1 Å². The first-order valence-electron chi connectivity index (χ1n) is 5.37. The number of aliphatic hydroxyl groups excluding tert-OH is 1. The molecule has 0 spiro atoms. The van der Waals surface area contributed by atoms with Gasteiger partial charge >= 0.3 is 0 Å². The van der Waals surface area contributed by atoms with Crippen LogP contribution in [0.5, 0.6) is 0 Å². The van der Waals surface area contributed by atoms with E-state index in [0.29, 0.717) is 13.1 Å². The van der Waals surface area contributed by atoms with Crippen molar-refractivity contribution in [2.75, 3.05) is 24.6 Å². The Morgan fingerprint density at radius 2 is 2.38 bits per heavy atom. The fourth-order valence-corrected chi connectivity index (χ4v) is 1.46. The first-order chi connectivity index (χ1) is 7.69. The fraction of sp³-hybridized carbons (Fsp3) is 0.417. The standard InChI is InChI=1S/C12H19N3O/c1-3-6-15(7-8-16)11-4-5-12(10(2)13)14-9-11/h3-5,9-10,16H,1,6-8,13H2,2H3. The molecule has 0 fully saturated rings. The van der Waals surface area contributed by atoms with Crippen LogP contribution < -0.4 is 10.6 Å². The number of aromatic nitrogens is 1. The highest BCUT2D eigenvalue weighted by Gasteiger charge is 2.06. The lowest BCUT2D eigenvalue weighted by Gasteiger charge is -2.22. The Morgan fingerprint density at radius 3 is 2.81 bits per heavy atom. The van der Waals surface area contributed by atoms with Gasteiger partial charge in [-0.2, -0.15) is 0 Å². The third kappa shape index (κ3) is 3.32. The molecule has 0 aromatic carbocycles. The quantitative estimate of drug-likeness (QED) is 0.706. The van der Waals surface area contributed by atoms with Crippen LogP contribution in [-0.2, 0) is 0 Å². The lowest BCUT2D eigenvalue weighted by atomic mass is 10.2. The molecular formula is C12H19N3O. The fourth-order valence-electron chi connectivity index (χ4n) is 1.46. The summed E-state index contributed by atoms with van der Waals surface area (Å²) in [7, 11) is 0. The van der Waals surface area contributed by atoms with Crippen molar-refractivity contribution in [1.82, 2.24) is 4.98 Å². The van der Waals surface area contributed by atoms with E-state index in [1.807, 2.05) is 24.0 Å². The molecule has 0 bridgehead atoms. The molecule has 1 aromatic rings. The second kappa shape index (κ2) is 6.25. The molecule has 0 amide bonds. The molecule has 0 radical (unpaired) electrons. The molecule has 0 saturated carbocycles. The predicted molar refractivity (Wildman–Crippen MR) is 66.3 cm³/mol. The van der Waals surface area contributed by atoms with Gasteiger partial charge in [0.25, 0.3) is 0 Å². The average Bonchev–Trinajstić information content (AvgIpc) is 2.29. The molecule has 0 aliphatic rings. The van der Waals surface area contributed by atoms with Gasteiger partial charge in [-0.3, -0.25) is 4.98 Å². The Kier molecular flexibility index (Phi) is 4.95. The maximum Gasteiger partial charge on any atom is 0.0606 e. The molecule has 4 heteroatoms. The Labute approximate surface area is 96.4 Å². The molecule has 3 N–H and O–H groups in total. The van der Waals surface area contributed by atoms with Crippen molar-refractivity contribution in [2.24, 2.45) is 5.73 Å². The molecule has 0 aliphatic carbocycles. The maximum atomic E-state index is 8.95. The monoisotopic (exact) mass is 221 g/mol. The minimum absolute atomic E-state index is 0.0558. The molecule has 0 aliphatic heterocycles. The molecule has 1 rings (SSSR count). The summed E-state index contributed by atoms with van der Waals surface area (Å²) >= 11 is 0. The van der Waals surface area contributed by atoms with Gasteiger partial charge in [-0.05, 0) is 19.1 Å². The number of anilines is 1. The van der Waals surface area contributed by atoms with Crippen LogP contribution in [0.2, 0.25) is 0 Å². The summed E-state index contributed by atoms with van der Waals surface area (Å²) in [5.74, 6) is 0. The third-order valence-electron chi connectivity index (χ3n) is 2.32. The lowest BCUT2D eigenvalue weighted by Crippen LogP contribution is -2.26. The summed E-state index contributed by atoms with van der Waals surface area (Å²) in [5.41, 5.74) is 7.56. The zero-order chi connectivity index (χ0) is 12.0. The van der Waals surface area contributed by atoms with Crippen LogP contribution in [0.25, 0.3) is 0 Å². The number of nitrogens with zero attached hydrogens (tertiary/aromatic N) is 2. The Bertz CT molecular complexity index is 322. The zero-order valence-corrected chi connectivity index (χ0v) is 9.63. The van der Waals surface area contributed by atoms with Gasteiger partial charge in [0.2, 0.25) is 0 Å². The van der Waals surface area contributed by atoms with E-state index < -0.39 is 0 Å². The maximum absolute atomic E-state index is 8.95. The normalized spacial score (nSPS) is 12.2. The van der Waals surface area contributed by atoms with E-state index in [1.165, 1.54) is 0 Å². The summed E-state index contributed by atoms with van der Waals surface area (Å²) in [4.78, 5) is 6.29. The predicted octanol–water partition coefficient (Wildman–Crippen LogP) is 1.09. The van der Waals surface area contributed by atoms with E-state index in [-0.39, 0.29) is 12.6 Å². The zero-order valence-electron chi connectivity index (χ0n) is 9.63. The number of hydrogen-bond donors (Lipinski definition) is 2. The van der Waals surface area contributed by atoms with Crippen molar-refractivity contribution in [3.05, 3.63) is 36.7 Å². The number of pyridine rings is 1. The van der Waals surface area contributed by atoms with Crippen LogP contribution in [0, 0.1) is 0 Å². The van der Waals surface area contributed by atoms with Crippen LogP contribution in [0.3, 0.4) is 0 Å². The summed E-state index contributed by atoms with van der Waals surface area (Å²) < 4.78 is 0. The Morgan fingerprint density at radius 1 is 1.62 bits per heavy atom. The molecule has 1 atom stereocenters. The number of aliphatic hydroxyl groups is 1. The van der Waals surface area contributed by atoms with Gasteiger partial charge in [0.1, 0.15) is 0 Å². The molecule has 1 unspecified atom stereocenters. The van der Waals surface area contributed by atoms with E-state index in [9.17, 15) is 0 Å². The van der Waals surface area contributed by atoms with E-state index in [2.05, 4.69) is 11.6 Å². The molecule has 1 aromatic heterocycles. The SMILES string of the molecule is C=CCN(CCO)c1ccc(C(C)N)nc1. The minimum Gasteiger partial charge on any atom is -0.395 e. The van der Waals surface area contributed by atoms with Crippen molar-refractivity contribution in [3.63, 3.8) is 0 Å². The van der Waals surface area contributed by atoms with Crippen molar-refractivity contribution < 1.29 is 5.11 Å². The Balaban J connectivity index is 2.80. The van der Waals surface area contributed by atoms with Gasteiger partial charge in [-0.1, -0.05) is 6.08 Å². The number of nitrogens with two attached hydrogens (primary N) is 1. The van der Waals surface area contributed by atoms with Crippen LogP contribution >= 0.6 is 0 Å². The second-order valence-corrected chi connectivity index (χ2v) is 3.69. The van der Waals surface area contributed by atoms with Gasteiger partial charge in [-0.25, -0.2) is 0 Å². The highest BCUT2D eigenvalue weighted by Crippen LogP contribution is 2.15. The van der Waals surface area contributed by atoms with Gasteiger partial charge in [0.15, 0.2) is 0 Å². The summed E-state index contributed by atoms with van der Waals surface area (Å²) in [6.07, 6.45) is 3.58. The Hall–Kier alpha value is -1.39. The highest BCUT2D eigenvalue weighted by molar-refractivity contribution is 5.45. The smallest absolute Gasteiger partial charge is 0.0606 e. The second-order valence-electron chi connectivity index (χ2n) is 3.69. The third-order valence-corrected chi connectivity index (χ3v) is 2.32. The molecule has 0 saturated heterocycles. The number of hydrogen-bond acceptors (Lipinski definition) is 4. The molecular weight excluding hydrogens is 202 g/mol. The van der Waals surface area contributed by atoms with E-state index in [4.69, 9.17) is 10.8 Å². The molecule has 16 heavy (non-hydrogen) atoms. The molecule has 1 heterocycles. The van der Waals surface area contributed by atoms with Crippen LogP contribution in [0.15, 0.2) is 31.0 Å². The van der Waals surface area contributed by atoms with E-state index in [1.54, 1.807) is 12.3 Å². The average molecular weight is 221 g/mol. The van der Waals surface area contributed by atoms with Gasteiger partial charge in [0.05, 0.1) is 24.2 Å². The van der Waals surface area contributed by atoms with Crippen molar-refractivity contribution >= 4 is 5.69 Å². The summed E-state index contributed by atoms with van der Waals surface area (Å²) in [6, 6.07) is 3.82. The van der Waals surface area contributed by atoms with E-state index >= 15 is 0 Å². The minimum atomic E-state index is -0.0558. The highest BCUT2D eigenvalue weighted by atomic mass is 16.3. The van der Waals surface area contributed by atoms with E-state index in [0.717, 1.165) is 11.4 Å². The largest absolute Gasteiger partial charge is 0.395 e. The first-order valence-corrected chi connectivity index (χ1v) is 5.37. The van der Waals surface area contributed by atoms with Gasteiger partial charge < -0.3 is 15.7 Å². The number of rotatable bonds is 6. The van der Waals surface area contributed by atoms with Crippen LogP contribution in [0.1, 0.15) is 18.7 Å². The van der Waals surface area contributed by atoms with Crippen molar-refractivity contribution in [2.45, 2.75) is 13.0 Å². The lowest BCUT2D eigenvalue weighted by molar-refractivity contribution is 0.303. The molecule has 88 valence electrons. The first kappa shape index (κ1) is 12.7. The van der Waals surface area contributed by atoms with Crippen LogP contribution in [0.4, 0.5) is 5.69 Å². The molecule has 4 nitrogen and oxygen atoms in total. The van der Waals surface area contributed by atoms with Gasteiger partial charge in [-0.15, -0.1) is 6.58 Å². The van der Waals surface area contributed by atoms with Crippen molar-refractivity contribution in [3.8, 4) is 0 Å².